The Kier molecular flexibility index (Phi) is 5.05. The monoisotopic (exact) mass is 313 g/mol. The number of carbonyl (C=O) groups is 1. The first-order chi connectivity index (χ1) is 11.2. The van der Waals surface area contributed by atoms with E-state index in [2.05, 4.69) is 15.5 Å². The van der Waals surface area contributed by atoms with Gasteiger partial charge < -0.3 is 9.84 Å². The van der Waals surface area contributed by atoms with Crippen LogP contribution in [0.5, 0.6) is 0 Å². The molecule has 1 amide bonds. The molecule has 1 saturated carbocycles. The number of carbonyl (C=O) groups excluding carboxylic acids is 1. The number of aromatic nitrogens is 2. The highest BCUT2D eigenvalue weighted by Gasteiger charge is 2.15. The maximum atomic E-state index is 12.4. The first-order valence-corrected chi connectivity index (χ1v) is 8.44. The van der Waals surface area contributed by atoms with Gasteiger partial charge in [-0.25, -0.2) is 0 Å². The molecule has 1 fully saturated rings. The highest BCUT2D eigenvalue weighted by molar-refractivity contribution is 5.94. The highest BCUT2D eigenvalue weighted by atomic mass is 16.5. The van der Waals surface area contributed by atoms with Gasteiger partial charge in [-0.1, -0.05) is 37.3 Å². The first kappa shape index (κ1) is 15.7. The number of amides is 1. The van der Waals surface area contributed by atoms with Crippen molar-refractivity contribution < 1.29 is 9.32 Å². The lowest BCUT2D eigenvalue weighted by molar-refractivity contribution is 0.0930. The lowest BCUT2D eigenvalue weighted by Crippen LogP contribution is -2.35. The largest absolute Gasteiger partial charge is 0.349 e. The fourth-order valence-corrected chi connectivity index (χ4v) is 3.05. The van der Waals surface area contributed by atoms with E-state index >= 15 is 0 Å². The quantitative estimate of drug-likeness (QED) is 0.933. The van der Waals surface area contributed by atoms with Crippen molar-refractivity contribution in [1.29, 1.82) is 0 Å². The Morgan fingerprint density at radius 2 is 1.74 bits per heavy atom. The molecule has 122 valence electrons. The van der Waals surface area contributed by atoms with Crippen molar-refractivity contribution in [1.82, 2.24) is 15.5 Å². The molecule has 1 heterocycles. The van der Waals surface area contributed by atoms with Gasteiger partial charge >= 0.3 is 0 Å². The molecule has 1 aliphatic rings. The van der Waals surface area contributed by atoms with Crippen LogP contribution in [0.3, 0.4) is 0 Å². The summed E-state index contributed by atoms with van der Waals surface area (Å²) in [6, 6.07) is 7.63. The van der Waals surface area contributed by atoms with Crippen molar-refractivity contribution >= 4 is 5.91 Å². The second-order valence-corrected chi connectivity index (χ2v) is 6.24. The van der Waals surface area contributed by atoms with Crippen molar-refractivity contribution in [3.8, 4) is 11.5 Å². The van der Waals surface area contributed by atoms with Crippen LogP contribution in [0.2, 0.25) is 0 Å². The molecular weight excluding hydrogens is 290 g/mol. The van der Waals surface area contributed by atoms with Gasteiger partial charge in [0.05, 0.1) is 0 Å². The lowest BCUT2D eigenvalue weighted by Gasteiger charge is -2.21. The summed E-state index contributed by atoms with van der Waals surface area (Å²) in [6.07, 6.45) is 8.49. The minimum absolute atomic E-state index is 0.00355. The zero-order valence-corrected chi connectivity index (χ0v) is 13.5. The number of hydrogen-bond donors (Lipinski definition) is 1. The van der Waals surface area contributed by atoms with Crippen LogP contribution < -0.4 is 5.32 Å². The summed E-state index contributed by atoms with van der Waals surface area (Å²) in [5.41, 5.74) is 1.50. The Bertz CT molecular complexity index is 641. The molecule has 0 unspecified atom stereocenters. The molecule has 1 N–H and O–H groups in total. The molecule has 0 bridgehead atoms. The molecule has 5 heteroatoms. The normalized spacial score (nSPS) is 16.6. The molecule has 2 aromatic rings. The highest BCUT2D eigenvalue weighted by Crippen LogP contribution is 2.19. The van der Waals surface area contributed by atoms with Crippen LogP contribution in [0.25, 0.3) is 11.5 Å². The van der Waals surface area contributed by atoms with E-state index in [0.29, 0.717) is 23.3 Å². The van der Waals surface area contributed by atoms with Crippen LogP contribution in [-0.4, -0.2) is 22.1 Å². The van der Waals surface area contributed by atoms with Gasteiger partial charge in [-0.15, -0.1) is 0 Å². The van der Waals surface area contributed by atoms with E-state index in [4.69, 9.17) is 4.52 Å². The second-order valence-electron chi connectivity index (χ2n) is 6.24. The Morgan fingerprint density at radius 1 is 1.09 bits per heavy atom. The third-order valence-electron chi connectivity index (χ3n) is 4.36. The van der Waals surface area contributed by atoms with Crippen LogP contribution in [-0.2, 0) is 0 Å². The number of benzene rings is 1. The van der Waals surface area contributed by atoms with Gasteiger partial charge in [0.15, 0.2) is 5.82 Å². The summed E-state index contributed by atoms with van der Waals surface area (Å²) in [4.78, 5) is 16.6. The Hall–Kier alpha value is -2.17. The fourth-order valence-electron chi connectivity index (χ4n) is 3.05. The van der Waals surface area contributed by atoms with Crippen molar-refractivity contribution in [2.75, 3.05) is 0 Å². The summed E-state index contributed by atoms with van der Waals surface area (Å²) in [7, 11) is 0. The maximum absolute atomic E-state index is 12.4. The van der Waals surface area contributed by atoms with Crippen molar-refractivity contribution in [3.05, 3.63) is 35.7 Å². The maximum Gasteiger partial charge on any atom is 0.257 e. The van der Waals surface area contributed by atoms with Gasteiger partial charge in [0.1, 0.15) is 0 Å². The number of nitrogens with zero attached hydrogens (tertiary/aromatic N) is 2. The molecular formula is C18H23N3O2. The van der Waals surface area contributed by atoms with E-state index in [-0.39, 0.29) is 5.91 Å². The number of nitrogens with one attached hydrogen (secondary N) is 1. The third-order valence-corrected chi connectivity index (χ3v) is 4.36. The Balaban J connectivity index is 1.63. The predicted octanol–water partition coefficient (Wildman–Crippen LogP) is 3.89. The minimum atomic E-state index is 0.00355. The average Bonchev–Trinajstić information content (AvgIpc) is 2.96. The molecule has 0 aliphatic heterocycles. The van der Waals surface area contributed by atoms with Gasteiger partial charge in [-0.05, 0) is 44.0 Å². The first-order valence-electron chi connectivity index (χ1n) is 8.44. The van der Waals surface area contributed by atoms with E-state index in [1.807, 2.05) is 24.3 Å². The Morgan fingerprint density at radius 3 is 2.35 bits per heavy atom. The van der Waals surface area contributed by atoms with Crippen LogP contribution in [0.15, 0.2) is 28.8 Å². The van der Waals surface area contributed by atoms with Crippen LogP contribution in [0, 0.1) is 6.92 Å². The molecule has 3 rings (SSSR count). The summed E-state index contributed by atoms with van der Waals surface area (Å²) >= 11 is 0. The zero-order valence-electron chi connectivity index (χ0n) is 13.5. The Labute approximate surface area is 136 Å². The van der Waals surface area contributed by atoms with Crippen molar-refractivity contribution in [2.24, 2.45) is 0 Å². The van der Waals surface area contributed by atoms with Gasteiger partial charge in [-0.2, -0.15) is 4.98 Å². The molecule has 5 nitrogen and oxygen atoms in total. The van der Waals surface area contributed by atoms with Crippen LogP contribution >= 0.6 is 0 Å². The lowest BCUT2D eigenvalue weighted by atomic mass is 9.96. The smallest absolute Gasteiger partial charge is 0.257 e. The zero-order chi connectivity index (χ0) is 16.1. The number of rotatable bonds is 3. The fraction of sp³-hybridized carbons (Fsp3) is 0.500. The molecule has 0 radical (unpaired) electrons. The summed E-state index contributed by atoms with van der Waals surface area (Å²) in [5.74, 6) is 1.09. The van der Waals surface area contributed by atoms with Gasteiger partial charge in [0.2, 0.25) is 0 Å². The SMILES string of the molecule is Cc1noc(-c2ccc(C(=O)NC3CCCCCCC3)cc2)n1. The van der Waals surface area contributed by atoms with Crippen molar-refractivity contribution in [3.63, 3.8) is 0 Å². The van der Waals surface area contributed by atoms with Crippen LogP contribution in [0.1, 0.15) is 61.1 Å². The van der Waals surface area contributed by atoms with Crippen LogP contribution in [0.4, 0.5) is 0 Å². The molecule has 1 aromatic heterocycles. The molecule has 1 aromatic carbocycles. The predicted molar refractivity (Wildman–Crippen MR) is 88.0 cm³/mol. The third kappa shape index (κ3) is 4.18. The number of hydrogen-bond acceptors (Lipinski definition) is 4. The van der Waals surface area contributed by atoms with E-state index in [0.717, 1.165) is 18.4 Å². The van der Waals surface area contributed by atoms with Gasteiger partial charge in [0.25, 0.3) is 11.8 Å². The standard InChI is InChI=1S/C18H23N3O2/c1-13-19-18(23-21-13)15-11-9-14(10-12-15)17(22)20-16-7-5-3-2-4-6-8-16/h9-12,16H,2-8H2,1H3,(H,20,22). The van der Waals surface area contributed by atoms with E-state index in [1.165, 1.54) is 32.1 Å². The summed E-state index contributed by atoms with van der Waals surface area (Å²) < 4.78 is 5.14. The van der Waals surface area contributed by atoms with E-state index in [9.17, 15) is 4.79 Å². The topological polar surface area (TPSA) is 68.0 Å². The number of aryl methyl sites for hydroxylation is 1. The molecule has 0 atom stereocenters. The van der Waals surface area contributed by atoms with Crippen molar-refractivity contribution in [2.45, 2.75) is 57.9 Å². The molecule has 23 heavy (non-hydrogen) atoms. The molecule has 1 aliphatic carbocycles. The molecule has 0 saturated heterocycles. The second kappa shape index (κ2) is 7.40. The van der Waals surface area contributed by atoms with E-state index in [1.54, 1.807) is 6.92 Å². The minimum Gasteiger partial charge on any atom is -0.349 e. The summed E-state index contributed by atoms with van der Waals surface area (Å²) in [6.45, 7) is 1.78. The van der Waals surface area contributed by atoms with Gasteiger partial charge in [-0.3, -0.25) is 4.79 Å². The average molecular weight is 313 g/mol. The van der Waals surface area contributed by atoms with E-state index < -0.39 is 0 Å². The molecule has 0 spiro atoms. The van der Waals surface area contributed by atoms with Gasteiger partial charge in [0, 0.05) is 17.2 Å². The summed E-state index contributed by atoms with van der Waals surface area (Å²) in [5, 5.41) is 6.95.